The molecule has 1 unspecified atom stereocenters. The molecular weight excluding hydrogens is 556 g/mol. The van der Waals surface area contributed by atoms with Crippen LogP contribution in [0.25, 0.3) is 10.9 Å². The third-order valence-electron chi connectivity index (χ3n) is 8.98. The number of methoxy groups -OCH3 is 1. The number of para-hydroxylation sites is 1. The van der Waals surface area contributed by atoms with E-state index in [1.807, 2.05) is 59.5 Å². The second kappa shape index (κ2) is 10.8. The summed E-state index contributed by atoms with van der Waals surface area (Å²) in [5.41, 5.74) is 2.10. The van der Waals surface area contributed by atoms with Gasteiger partial charge in [-0.3, -0.25) is 9.00 Å². The monoisotopic (exact) mass is 590 g/mol. The molecule has 1 aliphatic carbocycles. The number of carbonyl (C=O) groups is 1. The molecule has 1 saturated heterocycles. The summed E-state index contributed by atoms with van der Waals surface area (Å²) in [6, 6.07) is 23.1. The molecule has 214 valence electrons. The van der Waals surface area contributed by atoms with E-state index in [-0.39, 0.29) is 22.3 Å². The molecule has 1 aliphatic heterocycles. The lowest BCUT2D eigenvalue weighted by Crippen LogP contribution is -2.52. The summed E-state index contributed by atoms with van der Waals surface area (Å²) in [6.45, 7) is 2.51. The number of hydrogen-bond acceptors (Lipinski definition) is 5. The first-order valence-electron chi connectivity index (χ1n) is 14.1. The predicted molar refractivity (Wildman–Crippen MR) is 160 cm³/mol. The SMILES string of the molecule is CC[C@]12CCC(=O)N(CCS(=O)c3ccccc3)[C@H]1c1c(n(S(=O)(=O)c3ccc(OC)cc3)c3ccccc13)CC2. The zero-order valence-corrected chi connectivity index (χ0v) is 24.9. The van der Waals surface area contributed by atoms with Crippen molar-refractivity contribution in [3.8, 4) is 5.75 Å². The van der Waals surface area contributed by atoms with Crippen molar-refractivity contribution in [2.75, 3.05) is 19.4 Å². The Bertz CT molecular complexity index is 1730. The van der Waals surface area contributed by atoms with Crippen LogP contribution in [-0.2, 0) is 32.0 Å². The van der Waals surface area contributed by atoms with E-state index in [0.29, 0.717) is 36.4 Å². The highest BCUT2D eigenvalue weighted by Gasteiger charge is 2.51. The van der Waals surface area contributed by atoms with Gasteiger partial charge in [-0.05, 0) is 73.6 Å². The molecule has 2 aliphatic rings. The molecule has 6 rings (SSSR count). The minimum absolute atomic E-state index is 0.0341. The van der Waals surface area contributed by atoms with Crippen LogP contribution in [0.2, 0.25) is 0 Å². The van der Waals surface area contributed by atoms with Gasteiger partial charge in [0, 0.05) is 40.3 Å². The predicted octanol–water partition coefficient (Wildman–Crippen LogP) is 5.70. The molecule has 0 radical (unpaired) electrons. The van der Waals surface area contributed by atoms with Gasteiger partial charge >= 0.3 is 0 Å². The van der Waals surface area contributed by atoms with Crippen LogP contribution in [0.5, 0.6) is 5.75 Å². The number of aromatic nitrogens is 1. The summed E-state index contributed by atoms with van der Waals surface area (Å²) in [6.07, 6.45) is 3.45. The number of amides is 1. The molecule has 3 atom stereocenters. The molecule has 0 spiro atoms. The van der Waals surface area contributed by atoms with Crippen molar-refractivity contribution in [3.05, 3.63) is 90.1 Å². The Labute approximate surface area is 243 Å². The number of ether oxygens (including phenoxy) is 1. The number of hydrogen-bond donors (Lipinski definition) is 0. The Morgan fingerprint density at radius 1 is 0.951 bits per heavy atom. The Kier molecular flexibility index (Phi) is 7.28. The van der Waals surface area contributed by atoms with Gasteiger partial charge in [0.1, 0.15) is 5.75 Å². The molecule has 0 N–H and O–H groups in total. The van der Waals surface area contributed by atoms with Gasteiger partial charge in [0.05, 0.1) is 34.4 Å². The number of rotatable bonds is 8. The molecule has 1 aromatic heterocycles. The quantitative estimate of drug-likeness (QED) is 0.263. The van der Waals surface area contributed by atoms with E-state index in [9.17, 15) is 17.4 Å². The normalized spacial score (nSPS) is 21.4. The lowest BCUT2D eigenvalue weighted by molar-refractivity contribution is -0.144. The summed E-state index contributed by atoms with van der Waals surface area (Å²) >= 11 is 0. The standard InChI is InChI=1S/C32H34N2O5S2/c1-3-32-19-17-28-30(31(32)33(29(35)18-20-32)21-22-40(36)24-9-5-4-6-10-24)26-11-7-8-12-27(26)34(28)41(37,38)25-15-13-23(39-2)14-16-25/h4-16,31H,3,17-22H2,1-2H3/t31-,32-,40?/m0/s1. The summed E-state index contributed by atoms with van der Waals surface area (Å²) in [5, 5.41) is 0.853. The number of piperidine rings is 1. The van der Waals surface area contributed by atoms with Gasteiger partial charge < -0.3 is 9.64 Å². The van der Waals surface area contributed by atoms with Gasteiger partial charge in [0.25, 0.3) is 10.0 Å². The fraction of sp³-hybridized carbons (Fsp3) is 0.344. The fourth-order valence-electron chi connectivity index (χ4n) is 6.83. The van der Waals surface area contributed by atoms with Crippen molar-refractivity contribution < 1.29 is 22.2 Å². The average molecular weight is 591 g/mol. The third kappa shape index (κ3) is 4.59. The van der Waals surface area contributed by atoms with Gasteiger partial charge in [-0.15, -0.1) is 0 Å². The highest BCUT2D eigenvalue weighted by molar-refractivity contribution is 7.90. The average Bonchev–Trinajstić information content (AvgIpc) is 3.36. The number of likely N-dealkylation sites (tertiary alicyclic amines) is 1. The van der Waals surface area contributed by atoms with Crippen LogP contribution in [0.1, 0.15) is 49.9 Å². The van der Waals surface area contributed by atoms with Crippen LogP contribution in [0.4, 0.5) is 0 Å². The lowest BCUT2D eigenvalue weighted by atomic mass is 9.62. The van der Waals surface area contributed by atoms with E-state index >= 15 is 0 Å². The van der Waals surface area contributed by atoms with Gasteiger partial charge in [0.2, 0.25) is 5.91 Å². The largest absolute Gasteiger partial charge is 0.497 e. The van der Waals surface area contributed by atoms with Gasteiger partial charge in [-0.25, -0.2) is 12.4 Å². The van der Waals surface area contributed by atoms with Crippen LogP contribution in [0.15, 0.2) is 88.7 Å². The topological polar surface area (TPSA) is 85.7 Å². The summed E-state index contributed by atoms with van der Waals surface area (Å²) in [5.74, 6) is 0.941. The number of carbonyl (C=O) groups excluding carboxylic acids is 1. The Morgan fingerprint density at radius 3 is 2.34 bits per heavy atom. The van der Waals surface area contributed by atoms with E-state index in [4.69, 9.17) is 4.74 Å². The zero-order valence-electron chi connectivity index (χ0n) is 23.3. The van der Waals surface area contributed by atoms with Crippen molar-refractivity contribution >= 4 is 37.6 Å². The maximum absolute atomic E-state index is 14.2. The number of nitrogens with zero attached hydrogens (tertiary/aromatic N) is 2. The molecule has 3 aromatic carbocycles. The van der Waals surface area contributed by atoms with E-state index < -0.39 is 20.8 Å². The fourth-order valence-corrected chi connectivity index (χ4v) is 9.48. The lowest BCUT2D eigenvalue weighted by Gasteiger charge is -2.52. The van der Waals surface area contributed by atoms with Crippen LogP contribution in [-0.4, -0.2) is 46.8 Å². The molecule has 7 nitrogen and oxygen atoms in total. The Hall–Kier alpha value is -3.43. The molecule has 1 amide bonds. The third-order valence-corrected chi connectivity index (χ3v) is 12.1. The second-order valence-corrected chi connectivity index (χ2v) is 14.2. The maximum Gasteiger partial charge on any atom is 0.268 e. The van der Waals surface area contributed by atoms with Crippen molar-refractivity contribution in [1.82, 2.24) is 8.87 Å². The van der Waals surface area contributed by atoms with E-state index in [1.54, 1.807) is 31.4 Å². The summed E-state index contributed by atoms with van der Waals surface area (Å²) in [4.78, 5) is 16.4. The molecular formula is C32H34N2O5S2. The van der Waals surface area contributed by atoms with Gasteiger partial charge in [0.15, 0.2) is 0 Å². The molecule has 1 fully saturated rings. The first-order chi connectivity index (χ1) is 19.8. The van der Waals surface area contributed by atoms with E-state index in [2.05, 4.69) is 6.92 Å². The minimum atomic E-state index is -3.94. The maximum atomic E-state index is 14.2. The Balaban J connectivity index is 1.49. The molecule has 9 heteroatoms. The molecule has 4 aromatic rings. The smallest absolute Gasteiger partial charge is 0.268 e. The van der Waals surface area contributed by atoms with Crippen LogP contribution in [0.3, 0.4) is 0 Å². The van der Waals surface area contributed by atoms with Crippen molar-refractivity contribution in [3.63, 3.8) is 0 Å². The highest BCUT2D eigenvalue weighted by atomic mass is 32.2. The van der Waals surface area contributed by atoms with Crippen molar-refractivity contribution in [2.24, 2.45) is 5.41 Å². The first-order valence-corrected chi connectivity index (χ1v) is 16.8. The van der Waals surface area contributed by atoms with Gasteiger partial charge in [-0.2, -0.15) is 0 Å². The van der Waals surface area contributed by atoms with Crippen molar-refractivity contribution in [1.29, 1.82) is 0 Å². The zero-order chi connectivity index (χ0) is 28.8. The minimum Gasteiger partial charge on any atom is -0.497 e. The Morgan fingerprint density at radius 2 is 1.63 bits per heavy atom. The summed E-state index contributed by atoms with van der Waals surface area (Å²) in [7, 11) is -3.64. The van der Waals surface area contributed by atoms with Crippen LogP contribution < -0.4 is 4.74 Å². The number of fused-ring (bicyclic) bond motifs is 5. The van der Waals surface area contributed by atoms with E-state index in [1.165, 1.54) is 3.97 Å². The van der Waals surface area contributed by atoms with Gasteiger partial charge in [-0.1, -0.05) is 43.3 Å². The summed E-state index contributed by atoms with van der Waals surface area (Å²) < 4.78 is 48.3. The van der Waals surface area contributed by atoms with E-state index in [0.717, 1.165) is 40.8 Å². The van der Waals surface area contributed by atoms with Crippen LogP contribution >= 0.6 is 0 Å². The molecule has 41 heavy (non-hydrogen) atoms. The molecule has 0 saturated carbocycles. The molecule has 2 heterocycles. The second-order valence-electron chi connectivity index (χ2n) is 10.9. The number of benzene rings is 3. The van der Waals surface area contributed by atoms with Crippen LogP contribution in [0, 0.1) is 5.41 Å². The molecule has 0 bridgehead atoms. The van der Waals surface area contributed by atoms with Crippen molar-refractivity contribution in [2.45, 2.75) is 54.9 Å². The highest BCUT2D eigenvalue weighted by Crippen LogP contribution is 2.57. The first kappa shape index (κ1) is 27.7.